The normalized spacial score (nSPS) is 30.0. The molecule has 0 amide bonds. The summed E-state index contributed by atoms with van der Waals surface area (Å²) in [7, 11) is 4.71. The first kappa shape index (κ1) is 20.1. The molecule has 0 unspecified atom stereocenters. The van der Waals surface area contributed by atoms with Crippen LogP contribution in [-0.2, 0) is 25.6 Å². The van der Waals surface area contributed by atoms with E-state index >= 15 is 0 Å². The molecule has 4 aliphatic rings. The van der Waals surface area contributed by atoms with Crippen LogP contribution in [0.5, 0.6) is 17.2 Å². The Bertz CT molecular complexity index is 1020. The standard InChI is InChI=1S/C23H24O8/c1-26-14-6-4-13(5-7-14)11-29-12-23-20-16-9-18(28-3)17(27-2)8-15(16)19(30-23)10-22(20,25)21(24)31-23/h4-9,19-20,25H,10-12H2,1-3H3/t19-,20-,22-,23-/m1/s1. The number of carbonyl (C=O) groups is 1. The van der Waals surface area contributed by atoms with E-state index in [0.29, 0.717) is 18.1 Å². The van der Waals surface area contributed by atoms with Crippen molar-refractivity contribution in [1.29, 1.82) is 0 Å². The van der Waals surface area contributed by atoms with Crippen LogP contribution in [0.15, 0.2) is 36.4 Å². The predicted octanol–water partition coefficient (Wildman–Crippen LogP) is 2.47. The third-order valence-electron chi connectivity index (χ3n) is 6.35. The zero-order valence-electron chi connectivity index (χ0n) is 17.5. The Balaban J connectivity index is 1.45. The summed E-state index contributed by atoms with van der Waals surface area (Å²) in [5, 5.41) is 11.3. The first-order valence-corrected chi connectivity index (χ1v) is 10.0. The summed E-state index contributed by atoms with van der Waals surface area (Å²) in [6.07, 6.45) is -0.403. The van der Waals surface area contributed by atoms with Gasteiger partial charge in [-0.2, -0.15) is 0 Å². The highest BCUT2D eigenvalue weighted by Gasteiger charge is 2.73. The summed E-state index contributed by atoms with van der Waals surface area (Å²) in [6.45, 7) is 0.281. The summed E-state index contributed by atoms with van der Waals surface area (Å²) in [5.74, 6) is -0.983. The van der Waals surface area contributed by atoms with Crippen LogP contribution in [0, 0.1) is 0 Å². The van der Waals surface area contributed by atoms with Crippen molar-refractivity contribution in [3.8, 4) is 17.2 Å². The number of aliphatic hydroxyl groups is 1. The molecule has 2 saturated heterocycles. The number of methoxy groups -OCH3 is 3. The van der Waals surface area contributed by atoms with Crippen LogP contribution in [0.4, 0.5) is 0 Å². The number of esters is 1. The molecule has 164 valence electrons. The molecule has 8 nitrogen and oxygen atoms in total. The molecule has 0 radical (unpaired) electrons. The number of hydrogen-bond donors (Lipinski definition) is 1. The molecule has 3 heterocycles. The molecular formula is C23H24O8. The second-order valence-corrected chi connectivity index (χ2v) is 8.05. The quantitative estimate of drug-likeness (QED) is 0.673. The van der Waals surface area contributed by atoms with Crippen molar-refractivity contribution in [3.05, 3.63) is 53.1 Å². The second kappa shape index (κ2) is 7.12. The van der Waals surface area contributed by atoms with E-state index in [0.717, 1.165) is 22.4 Å². The predicted molar refractivity (Wildman–Crippen MR) is 107 cm³/mol. The lowest BCUT2D eigenvalue weighted by Gasteiger charge is -2.49. The molecular weight excluding hydrogens is 404 g/mol. The van der Waals surface area contributed by atoms with Gasteiger partial charge in [0, 0.05) is 6.42 Å². The molecule has 1 N–H and O–H groups in total. The fourth-order valence-electron chi connectivity index (χ4n) is 4.93. The first-order valence-electron chi connectivity index (χ1n) is 10.0. The van der Waals surface area contributed by atoms with Crippen LogP contribution in [0.1, 0.15) is 35.1 Å². The molecule has 2 aromatic rings. The first-order chi connectivity index (χ1) is 14.9. The Morgan fingerprint density at radius 2 is 1.71 bits per heavy atom. The fourth-order valence-corrected chi connectivity index (χ4v) is 4.93. The van der Waals surface area contributed by atoms with Crippen LogP contribution >= 0.6 is 0 Å². The molecule has 3 aliphatic heterocycles. The maximum atomic E-state index is 12.7. The van der Waals surface area contributed by atoms with Gasteiger partial charge >= 0.3 is 5.97 Å². The van der Waals surface area contributed by atoms with E-state index in [1.54, 1.807) is 27.4 Å². The van der Waals surface area contributed by atoms with E-state index < -0.39 is 29.4 Å². The minimum Gasteiger partial charge on any atom is -0.497 e. The lowest BCUT2D eigenvalue weighted by Crippen LogP contribution is -2.57. The molecule has 6 rings (SSSR count). The maximum absolute atomic E-state index is 12.7. The van der Waals surface area contributed by atoms with Crippen molar-refractivity contribution in [1.82, 2.24) is 0 Å². The molecule has 31 heavy (non-hydrogen) atoms. The van der Waals surface area contributed by atoms with E-state index in [1.165, 1.54) is 0 Å². The van der Waals surface area contributed by atoms with Crippen molar-refractivity contribution >= 4 is 5.97 Å². The van der Waals surface area contributed by atoms with Gasteiger partial charge in [-0.3, -0.25) is 0 Å². The molecule has 4 atom stereocenters. The topological polar surface area (TPSA) is 92.7 Å². The Labute approximate surface area is 179 Å². The summed E-state index contributed by atoms with van der Waals surface area (Å²) in [4.78, 5) is 12.7. The van der Waals surface area contributed by atoms with Gasteiger partial charge in [-0.1, -0.05) is 12.1 Å². The molecule has 4 bridgehead atoms. The Kier molecular flexibility index (Phi) is 4.62. The van der Waals surface area contributed by atoms with Crippen LogP contribution < -0.4 is 14.2 Å². The minimum absolute atomic E-state index is 0.0119. The summed E-state index contributed by atoms with van der Waals surface area (Å²) in [6, 6.07) is 11.1. The lowest BCUT2D eigenvalue weighted by atomic mass is 9.66. The van der Waals surface area contributed by atoms with E-state index in [1.807, 2.05) is 30.3 Å². The van der Waals surface area contributed by atoms with Gasteiger partial charge in [0.15, 0.2) is 17.1 Å². The number of ether oxygens (including phenoxy) is 6. The lowest BCUT2D eigenvalue weighted by molar-refractivity contribution is -0.288. The van der Waals surface area contributed by atoms with Gasteiger partial charge in [0.1, 0.15) is 12.4 Å². The molecule has 0 saturated carbocycles. The highest BCUT2D eigenvalue weighted by atomic mass is 16.8. The van der Waals surface area contributed by atoms with Gasteiger partial charge in [-0.05, 0) is 41.0 Å². The zero-order valence-corrected chi connectivity index (χ0v) is 17.5. The van der Waals surface area contributed by atoms with Crippen molar-refractivity contribution in [3.63, 3.8) is 0 Å². The maximum Gasteiger partial charge on any atom is 0.341 e. The largest absolute Gasteiger partial charge is 0.497 e. The third kappa shape index (κ3) is 2.90. The highest BCUT2D eigenvalue weighted by Crippen LogP contribution is 2.63. The highest BCUT2D eigenvalue weighted by molar-refractivity contribution is 5.86. The smallest absolute Gasteiger partial charge is 0.341 e. The van der Waals surface area contributed by atoms with Crippen LogP contribution in [-0.4, -0.2) is 50.4 Å². The van der Waals surface area contributed by atoms with Crippen molar-refractivity contribution in [2.45, 2.75) is 36.4 Å². The van der Waals surface area contributed by atoms with E-state index in [-0.39, 0.29) is 13.0 Å². The Morgan fingerprint density at radius 3 is 2.35 bits per heavy atom. The Morgan fingerprint density at radius 1 is 1.03 bits per heavy atom. The van der Waals surface area contributed by atoms with Crippen LogP contribution in [0.25, 0.3) is 0 Å². The second-order valence-electron chi connectivity index (χ2n) is 8.05. The van der Waals surface area contributed by atoms with Gasteiger partial charge in [0.2, 0.25) is 5.79 Å². The fraction of sp³-hybridized carbons (Fsp3) is 0.435. The zero-order chi connectivity index (χ0) is 21.8. The van der Waals surface area contributed by atoms with Crippen LogP contribution in [0.3, 0.4) is 0 Å². The minimum atomic E-state index is -1.67. The van der Waals surface area contributed by atoms with Gasteiger partial charge in [-0.15, -0.1) is 0 Å². The van der Waals surface area contributed by atoms with Gasteiger partial charge < -0.3 is 33.5 Å². The van der Waals surface area contributed by atoms with Crippen LogP contribution in [0.2, 0.25) is 0 Å². The van der Waals surface area contributed by atoms with E-state index in [9.17, 15) is 9.90 Å². The van der Waals surface area contributed by atoms with E-state index in [4.69, 9.17) is 28.4 Å². The molecule has 0 aromatic heterocycles. The number of carbonyl (C=O) groups excluding carboxylic acids is 1. The van der Waals surface area contributed by atoms with Crippen molar-refractivity contribution in [2.24, 2.45) is 0 Å². The molecule has 8 heteroatoms. The van der Waals surface area contributed by atoms with E-state index in [2.05, 4.69) is 0 Å². The molecule has 2 aromatic carbocycles. The van der Waals surface area contributed by atoms with Gasteiger partial charge in [-0.25, -0.2) is 4.79 Å². The average molecular weight is 428 g/mol. The monoisotopic (exact) mass is 428 g/mol. The van der Waals surface area contributed by atoms with Gasteiger partial charge in [0.25, 0.3) is 0 Å². The third-order valence-corrected chi connectivity index (χ3v) is 6.35. The van der Waals surface area contributed by atoms with Crippen molar-refractivity contribution in [2.75, 3.05) is 27.9 Å². The summed E-state index contributed by atoms with van der Waals surface area (Å²) < 4.78 is 33.8. The SMILES string of the molecule is COc1ccc(COC[C@]23OC(=O)[C@@]4(O)C[C@@H](O2)c2cc(OC)c(OC)cc2[C@@H]34)cc1. The van der Waals surface area contributed by atoms with Crippen molar-refractivity contribution < 1.29 is 38.3 Å². The van der Waals surface area contributed by atoms with Gasteiger partial charge in [0.05, 0.1) is 40.0 Å². The summed E-state index contributed by atoms with van der Waals surface area (Å²) in [5.41, 5.74) is 0.876. The Hall–Kier alpha value is -2.81. The number of hydrogen-bond acceptors (Lipinski definition) is 8. The molecule has 1 aliphatic carbocycles. The molecule has 0 spiro atoms. The number of benzene rings is 2. The summed E-state index contributed by atoms with van der Waals surface area (Å²) >= 11 is 0. The average Bonchev–Trinajstić information content (AvgIpc) is 2.93. The number of rotatable bonds is 7. The molecule has 2 fully saturated rings.